The fourth-order valence-electron chi connectivity index (χ4n) is 3.65. The molecule has 1 saturated heterocycles. The summed E-state index contributed by atoms with van der Waals surface area (Å²) in [5.74, 6) is -0.158. The summed E-state index contributed by atoms with van der Waals surface area (Å²) < 4.78 is 4.75. The zero-order valence-corrected chi connectivity index (χ0v) is 10.2. The van der Waals surface area contributed by atoms with Gasteiger partial charge in [0.1, 0.15) is 11.8 Å². The molecule has 96 valence electrons. The molecule has 3 rings (SSSR count). The minimum absolute atomic E-state index is 0.0298. The molecule has 5 heteroatoms. The first-order valence-corrected chi connectivity index (χ1v) is 6.26. The molecular weight excluding hydrogens is 234 g/mol. The molecule has 0 N–H and O–H groups in total. The molecular formula is C13H15NO4. The molecule has 3 aliphatic rings. The summed E-state index contributed by atoms with van der Waals surface area (Å²) >= 11 is 0. The number of rotatable bonds is 0. The number of methoxy groups -OCH3 is 1. The third-order valence-corrected chi connectivity index (χ3v) is 4.32. The highest BCUT2D eigenvalue weighted by Crippen LogP contribution is 2.45. The molecule has 0 aromatic heterocycles. The van der Waals surface area contributed by atoms with Crippen LogP contribution >= 0.6 is 0 Å². The number of carbonyl (C=O) groups is 3. The molecule has 2 aliphatic heterocycles. The second-order valence-corrected chi connectivity index (χ2v) is 5.12. The first-order chi connectivity index (χ1) is 8.65. The molecule has 0 radical (unpaired) electrons. The third-order valence-electron chi connectivity index (χ3n) is 4.32. The molecule has 2 fully saturated rings. The van der Waals surface area contributed by atoms with Crippen molar-refractivity contribution in [2.75, 3.05) is 7.11 Å². The quantitative estimate of drug-likeness (QED) is 0.640. The van der Waals surface area contributed by atoms with Gasteiger partial charge in [-0.1, -0.05) is 6.08 Å². The van der Waals surface area contributed by atoms with Gasteiger partial charge in [0.2, 0.25) is 0 Å². The van der Waals surface area contributed by atoms with Crippen LogP contribution in [0.5, 0.6) is 0 Å². The molecule has 2 heterocycles. The van der Waals surface area contributed by atoms with Gasteiger partial charge < -0.3 is 4.74 Å². The van der Waals surface area contributed by atoms with E-state index >= 15 is 0 Å². The van der Waals surface area contributed by atoms with Crippen molar-refractivity contribution in [1.82, 2.24) is 4.90 Å². The van der Waals surface area contributed by atoms with Gasteiger partial charge in [0.05, 0.1) is 13.2 Å². The Hall–Kier alpha value is -1.65. The van der Waals surface area contributed by atoms with E-state index < -0.39 is 12.1 Å². The maximum atomic E-state index is 12.1. The molecule has 0 aromatic rings. The maximum Gasteiger partial charge on any atom is 0.410 e. The van der Waals surface area contributed by atoms with Gasteiger partial charge in [0.25, 0.3) is 0 Å². The number of carbonyl (C=O) groups excluding carboxylic acids is 3. The van der Waals surface area contributed by atoms with E-state index in [1.54, 1.807) is 6.08 Å². The summed E-state index contributed by atoms with van der Waals surface area (Å²) in [5.41, 5.74) is 0. The summed E-state index contributed by atoms with van der Waals surface area (Å²) in [7, 11) is 1.30. The summed E-state index contributed by atoms with van der Waals surface area (Å²) in [4.78, 5) is 37.3. The zero-order chi connectivity index (χ0) is 12.9. The van der Waals surface area contributed by atoms with Gasteiger partial charge in [-0.2, -0.15) is 0 Å². The van der Waals surface area contributed by atoms with Crippen molar-refractivity contribution < 1.29 is 19.1 Å². The van der Waals surface area contributed by atoms with E-state index in [1.807, 2.05) is 0 Å². The highest BCUT2D eigenvalue weighted by molar-refractivity contribution is 6.01. The standard InChI is InChI=1S/C13H15NO4/c1-18-13(17)14-8-5-6-10(16)12(14)7-3-2-4-9(15)11(7)8/h5-8,11-12H,2-4H2,1H3/t7-,8-,11+,12-/m0/s1. The highest BCUT2D eigenvalue weighted by atomic mass is 16.5. The number of ketones is 2. The molecule has 18 heavy (non-hydrogen) atoms. The Kier molecular flexibility index (Phi) is 2.50. The molecule has 0 aromatic carbocycles. The van der Waals surface area contributed by atoms with Crippen LogP contribution in [0.25, 0.3) is 0 Å². The average molecular weight is 249 g/mol. The van der Waals surface area contributed by atoms with Gasteiger partial charge in [-0.3, -0.25) is 14.5 Å². The second kappa shape index (κ2) is 3.93. The smallest absolute Gasteiger partial charge is 0.410 e. The summed E-state index contributed by atoms with van der Waals surface area (Å²) in [6, 6.07) is -0.792. The first-order valence-electron chi connectivity index (χ1n) is 6.26. The lowest BCUT2D eigenvalue weighted by molar-refractivity contribution is -0.126. The molecule has 2 bridgehead atoms. The van der Waals surface area contributed by atoms with E-state index in [4.69, 9.17) is 4.74 Å². The Labute approximate surface area is 105 Å². The lowest BCUT2D eigenvalue weighted by Gasteiger charge is -2.30. The van der Waals surface area contributed by atoms with Gasteiger partial charge in [0, 0.05) is 12.3 Å². The predicted molar refractivity (Wildman–Crippen MR) is 61.8 cm³/mol. The lowest BCUT2D eigenvalue weighted by Crippen LogP contribution is -2.48. The number of hydrogen-bond acceptors (Lipinski definition) is 4. The summed E-state index contributed by atoms with van der Waals surface area (Å²) in [6.07, 6.45) is 4.89. The predicted octanol–water partition coefficient (Wildman–Crippen LogP) is 0.930. The van der Waals surface area contributed by atoms with Crippen LogP contribution in [0, 0.1) is 11.8 Å². The normalized spacial score (nSPS) is 37.7. The van der Waals surface area contributed by atoms with Crippen molar-refractivity contribution in [2.24, 2.45) is 11.8 Å². The fourth-order valence-corrected chi connectivity index (χ4v) is 3.65. The Morgan fingerprint density at radius 1 is 1.44 bits per heavy atom. The van der Waals surface area contributed by atoms with E-state index in [-0.39, 0.29) is 29.4 Å². The topological polar surface area (TPSA) is 63.7 Å². The molecule has 1 amide bonds. The van der Waals surface area contributed by atoms with Gasteiger partial charge in [-0.25, -0.2) is 4.79 Å². The van der Waals surface area contributed by atoms with Gasteiger partial charge in [0.15, 0.2) is 5.78 Å². The molecule has 1 saturated carbocycles. The largest absolute Gasteiger partial charge is 0.453 e. The Bertz CT molecular complexity index is 456. The van der Waals surface area contributed by atoms with Crippen molar-refractivity contribution in [3.05, 3.63) is 12.2 Å². The number of hydrogen-bond donors (Lipinski definition) is 0. The Morgan fingerprint density at radius 3 is 2.94 bits per heavy atom. The molecule has 5 nitrogen and oxygen atoms in total. The van der Waals surface area contributed by atoms with Gasteiger partial charge >= 0.3 is 6.09 Å². The van der Waals surface area contributed by atoms with Crippen LogP contribution in [0.2, 0.25) is 0 Å². The third kappa shape index (κ3) is 1.36. The van der Waals surface area contributed by atoms with Crippen LogP contribution < -0.4 is 0 Å². The van der Waals surface area contributed by atoms with E-state index in [0.717, 1.165) is 12.8 Å². The van der Waals surface area contributed by atoms with Crippen LogP contribution in [0.4, 0.5) is 4.79 Å². The molecule has 1 aliphatic carbocycles. The number of nitrogens with zero attached hydrogens (tertiary/aromatic N) is 1. The van der Waals surface area contributed by atoms with Crippen LogP contribution in [0.15, 0.2) is 12.2 Å². The molecule has 0 spiro atoms. The zero-order valence-electron chi connectivity index (χ0n) is 10.2. The summed E-state index contributed by atoms with van der Waals surface area (Å²) in [6.45, 7) is 0. The highest BCUT2D eigenvalue weighted by Gasteiger charge is 2.57. The number of Topliss-reactive ketones (excluding diaryl/α,β-unsaturated/α-hetero) is 1. The number of ether oxygens (including phenoxy) is 1. The van der Waals surface area contributed by atoms with Gasteiger partial charge in [-0.05, 0) is 24.8 Å². The Balaban J connectivity index is 2.04. The number of amides is 1. The van der Waals surface area contributed by atoms with Crippen LogP contribution in [-0.4, -0.2) is 41.8 Å². The van der Waals surface area contributed by atoms with Crippen molar-refractivity contribution in [2.45, 2.75) is 31.3 Å². The SMILES string of the molecule is COC(=O)N1[C@@H]2C(=O)C=C[C@H]1[C@@H]1C(=O)CCC[C@@H]12. The Morgan fingerprint density at radius 2 is 2.22 bits per heavy atom. The summed E-state index contributed by atoms with van der Waals surface area (Å²) in [5, 5.41) is 0. The van der Waals surface area contributed by atoms with Crippen LogP contribution in [0.1, 0.15) is 19.3 Å². The van der Waals surface area contributed by atoms with Crippen LogP contribution in [0.3, 0.4) is 0 Å². The van der Waals surface area contributed by atoms with Crippen molar-refractivity contribution >= 4 is 17.7 Å². The van der Waals surface area contributed by atoms with E-state index in [9.17, 15) is 14.4 Å². The minimum atomic E-state index is -0.509. The second-order valence-electron chi connectivity index (χ2n) is 5.12. The van der Waals surface area contributed by atoms with Gasteiger partial charge in [-0.15, -0.1) is 0 Å². The lowest BCUT2D eigenvalue weighted by atomic mass is 9.75. The average Bonchev–Trinajstić information content (AvgIpc) is 2.63. The van der Waals surface area contributed by atoms with E-state index in [2.05, 4.69) is 0 Å². The fraction of sp³-hybridized carbons (Fsp3) is 0.615. The van der Waals surface area contributed by atoms with Crippen molar-refractivity contribution in [3.8, 4) is 0 Å². The van der Waals surface area contributed by atoms with E-state index in [0.29, 0.717) is 6.42 Å². The first kappa shape index (κ1) is 11.4. The van der Waals surface area contributed by atoms with Crippen molar-refractivity contribution in [1.29, 1.82) is 0 Å². The molecule has 4 atom stereocenters. The van der Waals surface area contributed by atoms with E-state index in [1.165, 1.54) is 18.1 Å². The minimum Gasteiger partial charge on any atom is -0.453 e. The number of fused-ring (bicyclic) bond motifs is 5. The van der Waals surface area contributed by atoms with Crippen molar-refractivity contribution in [3.63, 3.8) is 0 Å². The van der Waals surface area contributed by atoms with Crippen LogP contribution in [-0.2, 0) is 14.3 Å². The molecule has 0 unspecified atom stereocenters. The maximum absolute atomic E-state index is 12.1. The monoisotopic (exact) mass is 249 g/mol.